The average molecular weight is 364 g/mol. The first-order chi connectivity index (χ1) is 12.1. The lowest BCUT2D eigenvalue weighted by molar-refractivity contribution is 0.00448. The van der Waals surface area contributed by atoms with E-state index in [2.05, 4.69) is 5.10 Å². The lowest BCUT2D eigenvalue weighted by atomic mass is 9.91. The average Bonchev–Trinajstić information content (AvgIpc) is 3.16. The van der Waals surface area contributed by atoms with Crippen LogP contribution in [-0.4, -0.2) is 49.5 Å². The SMILES string of the molecule is CCS(=O)(=O)CC1CCOC[C@@H]1COc1ccc(-n2cccn2)cc1. The van der Waals surface area contributed by atoms with Gasteiger partial charge in [-0.25, -0.2) is 13.1 Å². The summed E-state index contributed by atoms with van der Waals surface area (Å²) in [5.41, 5.74) is 0.963. The zero-order valence-electron chi connectivity index (χ0n) is 14.4. The Morgan fingerprint density at radius 3 is 2.76 bits per heavy atom. The van der Waals surface area contributed by atoms with E-state index in [0.29, 0.717) is 19.8 Å². The summed E-state index contributed by atoms with van der Waals surface area (Å²) in [6, 6.07) is 9.56. The van der Waals surface area contributed by atoms with Crippen molar-refractivity contribution in [2.75, 3.05) is 31.3 Å². The highest BCUT2D eigenvalue weighted by atomic mass is 32.2. The van der Waals surface area contributed by atoms with Crippen molar-refractivity contribution in [3.8, 4) is 11.4 Å². The maximum absolute atomic E-state index is 11.9. The highest BCUT2D eigenvalue weighted by Crippen LogP contribution is 2.25. The maximum Gasteiger partial charge on any atom is 0.150 e. The van der Waals surface area contributed by atoms with Crippen molar-refractivity contribution in [2.24, 2.45) is 11.8 Å². The van der Waals surface area contributed by atoms with Crippen molar-refractivity contribution in [3.63, 3.8) is 0 Å². The normalized spacial score (nSPS) is 21.2. The molecule has 0 bridgehead atoms. The number of hydrogen-bond donors (Lipinski definition) is 0. The molecule has 1 unspecified atom stereocenters. The van der Waals surface area contributed by atoms with E-state index in [1.54, 1.807) is 17.8 Å². The molecule has 2 aromatic rings. The maximum atomic E-state index is 11.9. The highest BCUT2D eigenvalue weighted by molar-refractivity contribution is 7.91. The molecule has 2 heterocycles. The van der Waals surface area contributed by atoms with E-state index in [4.69, 9.17) is 9.47 Å². The first-order valence-electron chi connectivity index (χ1n) is 8.58. The van der Waals surface area contributed by atoms with Crippen molar-refractivity contribution in [1.29, 1.82) is 0 Å². The van der Waals surface area contributed by atoms with Gasteiger partial charge in [-0.3, -0.25) is 0 Å². The van der Waals surface area contributed by atoms with Gasteiger partial charge in [0.2, 0.25) is 0 Å². The van der Waals surface area contributed by atoms with Crippen LogP contribution in [0.5, 0.6) is 5.75 Å². The third-order valence-corrected chi connectivity index (χ3v) is 6.42. The molecule has 1 aliphatic rings. The molecule has 0 spiro atoms. The van der Waals surface area contributed by atoms with E-state index in [0.717, 1.165) is 17.9 Å². The summed E-state index contributed by atoms with van der Waals surface area (Å²) in [5, 5.41) is 4.19. The van der Waals surface area contributed by atoms with Gasteiger partial charge in [0.05, 0.1) is 24.7 Å². The van der Waals surface area contributed by atoms with Gasteiger partial charge in [0.25, 0.3) is 0 Å². The predicted molar refractivity (Wildman–Crippen MR) is 95.8 cm³/mol. The summed E-state index contributed by atoms with van der Waals surface area (Å²) in [5.74, 6) is 1.37. The fraction of sp³-hybridized carbons (Fsp3) is 0.500. The van der Waals surface area contributed by atoms with Crippen molar-refractivity contribution in [2.45, 2.75) is 13.3 Å². The summed E-state index contributed by atoms with van der Waals surface area (Å²) in [4.78, 5) is 0. The molecule has 25 heavy (non-hydrogen) atoms. The Kier molecular flexibility index (Phi) is 5.75. The summed E-state index contributed by atoms with van der Waals surface area (Å²) in [6.45, 7) is 3.33. The topological polar surface area (TPSA) is 70.4 Å². The predicted octanol–water partition coefficient (Wildman–Crippen LogP) is 2.34. The second-order valence-electron chi connectivity index (χ2n) is 6.34. The number of ether oxygens (including phenoxy) is 2. The Morgan fingerprint density at radius 2 is 2.08 bits per heavy atom. The largest absolute Gasteiger partial charge is 0.493 e. The van der Waals surface area contributed by atoms with Crippen LogP contribution in [0, 0.1) is 11.8 Å². The quantitative estimate of drug-likeness (QED) is 0.754. The minimum absolute atomic E-state index is 0.0980. The molecule has 1 aliphatic heterocycles. The minimum atomic E-state index is -2.99. The van der Waals surface area contributed by atoms with Gasteiger partial charge < -0.3 is 9.47 Å². The van der Waals surface area contributed by atoms with Crippen molar-refractivity contribution < 1.29 is 17.9 Å². The summed E-state index contributed by atoms with van der Waals surface area (Å²) in [7, 11) is -2.99. The third kappa shape index (κ3) is 4.83. The molecular weight excluding hydrogens is 340 g/mol. The summed E-state index contributed by atoms with van der Waals surface area (Å²) >= 11 is 0. The van der Waals surface area contributed by atoms with E-state index in [-0.39, 0.29) is 23.3 Å². The number of sulfone groups is 1. The standard InChI is InChI=1S/C18H24N2O4S/c1-2-25(21,22)14-15-8-11-23-12-16(15)13-24-18-6-4-17(5-7-18)20-10-3-9-19-20/h3-7,9-10,15-16H,2,8,11-14H2,1H3/t15?,16-/m1/s1. The molecule has 6 nitrogen and oxygen atoms in total. The van der Waals surface area contributed by atoms with Crippen LogP contribution < -0.4 is 4.74 Å². The van der Waals surface area contributed by atoms with Crippen LogP contribution in [0.25, 0.3) is 5.69 Å². The molecule has 136 valence electrons. The van der Waals surface area contributed by atoms with Crippen LogP contribution in [0.15, 0.2) is 42.7 Å². The monoisotopic (exact) mass is 364 g/mol. The van der Waals surface area contributed by atoms with E-state index >= 15 is 0 Å². The van der Waals surface area contributed by atoms with E-state index in [1.165, 1.54) is 0 Å². The van der Waals surface area contributed by atoms with Gasteiger partial charge in [-0.05, 0) is 42.7 Å². The second-order valence-corrected chi connectivity index (χ2v) is 8.74. The van der Waals surface area contributed by atoms with Crippen LogP contribution in [-0.2, 0) is 14.6 Å². The molecular formula is C18H24N2O4S. The van der Waals surface area contributed by atoms with Crippen molar-refractivity contribution in [3.05, 3.63) is 42.7 Å². The molecule has 1 saturated heterocycles. The number of hydrogen-bond acceptors (Lipinski definition) is 5. The lowest BCUT2D eigenvalue weighted by Gasteiger charge is -2.31. The van der Waals surface area contributed by atoms with E-state index in [9.17, 15) is 8.42 Å². The fourth-order valence-electron chi connectivity index (χ4n) is 3.01. The van der Waals surface area contributed by atoms with Gasteiger partial charge in [-0.15, -0.1) is 0 Å². The number of rotatable bonds is 7. The van der Waals surface area contributed by atoms with Gasteiger partial charge in [0.1, 0.15) is 15.6 Å². The van der Waals surface area contributed by atoms with Crippen LogP contribution in [0.2, 0.25) is 0 Å². The minimum Gasteiger partial charge on any atom is -0.493 e. The Morgan fingerprint density at radius 1 is 1.28 bits per heavy atom. The number of benzene rings is 1. The van der Waals surface area contributed by atoms with Crippen LogP contribution >= 0.6 is 0 Å². The molecule has 0 radical (unpaired) electrons. The first kappa shape index (κ1) is 17.9. The van der Waals surface area contributed by atoms with Crippen LogP contribution in [0.1, 0.15) is 13.3 Å². The van der Waals surface area contributed by atoms with Gasteiger partial charge in [0.15, 0.2) is 0 Å². The molecule has 2 atom stereocenters. The Hall–Kier alpha value is -1.86. The number of aromatic nitrogens is 2. The fourth-order valence-corrected chi connectivity index (χ4v) is 4.34. The molecule has 0 saturated carbocycles. The van der Waals surface area contributed by atoms with Gasteiger partial charge in [0, 0.05) is 30.7 Å². The number of nitrogens with zero attached hydrogens (tertiary/aromatic N) is 2. The van der Waals surface area contributed by atoms with Crippen molar-refractivity contribution in [1.82, 2.24) is 9.78 Å². The summed E-state index contributed by atoms with van der Waals surface area (Å²) < 4.78 is 37.1. The second kappa shape index (κ2) is 8.01. The Labute approximate surface area is 148 Å². The Balaban J connectivity index is 1.59. The molecule has 1 aromatic heterocycles. The molecule has 1 aromatic carbocycles. The molecule has 0 aliphatic carbocycles. The van der Waals surface area contributed by atoms with Gasteiger partial charge in [-0.2, -0.15) is 5.10 Å². The highest BCUT2D eigenvalue weighted by Gasteiger charge is 2.30. The van der Waals surface area contributed by atoms with Crippen molar-refractivity contribution >= 4 is 9.84 Å². The van der Waals surface area contributed by atoms with Gasteiger partial charge in [-0.1, -0.05) is 6.92 Å². The van der Waals surface area contributed by atoms with E-state index in [1.807, 2.05) is 36.5 Å². The van der Waals surface area contributed by atoms with Gasteiger partial charge >= 0.3 is 0 Å². The first-order valence-corrected chi connectivity index (χ1v) is 10.4. The molecule has 1 fully saturated rings. The van der Waals surface area contributed by atoms with Crippen LogP contribution in [0.4, 0.5) is 0 Å². The third-order valence-electron chi connectivity index (χ3n) is 4.61. The molecule has 0 N–H and O–H groups in total. The molecule has 3 rings (SSSR count). The molecule has 7 heteroatoms. The zero-order valence-corrected chi connectivity index (χ0v) is 15.2. The van der Waals surface area contributed by atoms with Crippen LogP contribution in [0.3, 0.4) is 0 Å². The molecule has 0 amide bonds. The smallest absolute Gasteiger partial charge is 0.150 e. The zero-order chi connectivity index (χ0) is 17.7. The van der Waals surface area contributed by atoms with E-state index < -0.39 is 9.84 Å². The Bertz CT molecular complexity index is 757. The lowest BCUT2D eigenvalue weighted by Crippen LogP contribution is -2.36. The summed E-state index contributed by atoms with van der Waals surface area (Å²) in [6.07, 6.45) is 4.39.